The fourth-order valence-corrected chi connectivity index (χ4v) is 2.61. The molecule has 0 aliphatic heterocycles. The molecule has 0 aliphatic carbocycles. The molecule has 4 N–H and O–H groups in total. The smallest absolute Gasteiger partial charge is 0.291 e. The van der Waals surface area contributed by atoms with Crippen molar-refractivity contribution in [2.75, 3.05) is 24.9 Å². The maximum atomic E-state index is 12.1. The average Bonchev–Trinajstić information content (AvgIpc) is 3.27. The van der Waals surface area contributed by atoms with E-state index in [1.54, 1.807) is 50.6 Å². The third-order valence-electron chi connectivity index (χ3n) is 4.03. The number of rotatable bonds is 7. The summed E-state index contributed by atoms with van der Waals surface area (Å²) in [6, 6.07) is 15.9. The fourth-order valence-electron chi connectivity index (χ4n) is 2.61. The van der Waals surface area contributed by atoms with E-state index in [0.29, 0.717) is 29.4 Å². The van der Waals surface area contributed by atoms with Crippen molar-refractivity contribution >= 4 is 47.2 Å². The minimum Gasteiger partial charge on any atom is -0.497 e. The maximum Gasteiger partial charge on any atom is 0.291 e. The van der Waals surface area contributed by atoms with Crippen LogP contribution in [0.3, 0.4) is 0 Å². The van der Waals surface area contributed by atoms with E-state index in [2.05, 4.69) is 15.6 Å². The third kappa shape index (κ3) is 6.14. The van der Waals surface area contributed by atoms with Crippen LogP contribution in [-0.2, 0) is 6.54 Å². The van der Waals surface area contributed by atoms with Gasteiger partial charge in [0, 0.05) is 11.8 Å². The summed E-state index contributed by atoms with van der Waals surface area (Å²) in [5.74, 6) is 1.44. The standard InChI is InChI=1S/C21H22N4O4.HI/c1-27-16-8-9-18(28-2)17(12-16)25-21(22)23-13-14-5-3-6-15(11-14)24-20(26)19-7-4-10-29-19;/h3-12H,13H2,1-2H3,(H,24,26)(H3,22,23,25);1H. The first-order chi connectivity index (χ1) is 14.1. The van der Waals surface area contributed by atoms with Gasteiger partial charge in [-0.15, -0.1) is 24.0 Å². The number of nitrogens with one attached hydrogen (secondary N) is 2. The number of aliphatic imine (C=N–C) groups is 1. The van der Waals surface area contributed by atoms with Crippen LogP contribution in [0.15, 0.2) is 70.3 Å². The second-order valence-corrected chi connectivity index (χ2v) is 6.02. The van der Waals surface area contributed by atoms with E-state index >= 15 is 0 Å². The Morgan fingerprint density at radius 1 is 1.07 bits per heavy atom. The molecule has 158 valence electrons. The van der Waals surface area contributed by atoms with Crippen molar-refractivity contribution in [3.05, 3.63) is 72.2 Å². The molecule has 0 bridgehead atoms. The SMILES string of the molecule is COc1ccc(OC)c(NC(N)=NCc2cccc(NC(=O)c3ccco3)c2)c1.I. The highest BCUT2D eigenvalue weighted by Crippen LogP contribution is 2.28. The monoisotopic (exact) mass is 522 g/mol. The van der Waals surface area contributed by atoms with Gasteiger partial charge in [0.1, 0.15) is 11.5 Å². The number of nitrogens with zero attached hydrogens (tertiary/aromatic N) is 1. The topological polar surface area (TPSA) is 111 Å². The molecule has 0 aliphatic rings. The molecule has 0 saturated heterocycles. The van der Waals surface area contributed by atoms with Gasteiger partial charge in [-0.3, -0.25) is 4.79 Å². The number of nitrogens with two attached hydrogens (primary N) is 1. The summed E-state index contributed by atoms with van der Waals surface area (Å²) in [7, 11) is 3.16. The quantitative estimate of drug-likeness (QED) is 0.245. The van der Waals surface area contributed by atoms with Crippen LogP contribution in [0.4, 0.5) is 11.4 Å². The zero-order valence-corrected chi connectivity index (χ0v) is 18.9. The van der Waals surface area contributed by atoms with Gasteiger partial charge in [0.25, 0.3) is 5.91 Å². The normalized spacial score (nSPS) is 10.7. The van der Waals surface area contributed by atoms with Gasteiger partial charge >= 0.3 is 0 Å². The van der Waals surface area contributed by atoms with Gasteiger partial charge in [-0.1, -0.05) is 12.1 Å². The molecular formula is C21H23IN4O4. The van der Waals surface area contributed by atoms with Crippen LogP contribution in [0.5, 0.6) is 11.5 Å². The van der Waals surface area contributed by atoms with Crippen LogP contribution in [0.2, 0.25) is 0 Å². The summed E-state index contributed by atoms with van der Waals surface area (Å²) in [4.78, 5) is 16.4. The van der Waals surface area contributed by atoms with Crippen LogP contribution in [0.25, 0.3) is 0 Å². The maximum absolute atomic E-state index is 12.1. The molecule has 30 heavy (non-hydrogen) atoms. The number of guanidine groups is 1. The number of ether oxygens (including phenoxy) is 2. The lowest BCUT2D eigenvalue weighted by Gasteiger charge is -2.12. The Balaban J connectivity index is 0.00000320. The number of amides is 1. The Hall–Kier alpha value is -3.21. The van der Waals surface area contributed by atoms with E-state index in [9.17, 15) is 4.79 Å². The van der Waals surface area contributed by atoms with Crippen LogP contribution in [0, 0.1) is 0 Å². The predicted molar refractivity (Wildman–Crippen MR) is 127 cm³/mol. The molecule has 3 rings (SSSR count). The minimum atomic E-state index is -0.318. The molecule has 1 amide bonds. The number of hydrogen-bond donors (Lipinski definition) is 3. The Morgan fingerprint density at radius 2 is 1.90 bits per heavy atom. The van der Waals surface area contributed by atoms with E-state index in [4.69, 9.17) is 19.6 Å². The molecule has 3 aromatic rings. The first-order valence-corrected chi connectivity index (χ1v) is 8.82. The average molecular weight is 522 g/mol. The first-order valence-electron chi connectivity index (χ1n) is 8.82. The molecule has 0 fully saturated rings. The lowest BCUT2D eigenvalue weighted by atomic mass is 10.2. The highest BCUT2D eigenvalue weighted by Gasteiger charge is 2.09. The van der Waals surface area contributed by atoms with Crippen molar-refractivity contribution < 1.29 is 18.7 Å². The molecule has 8 nitrogen and oxygen atoms in total. The lowest BCUT2D eigenvalue weighted by molar-refractivity contribution is 0.0996. The Kier molecular flexibility index (Phi) is 8.54. The molecule has 0 unspecified atom stereocenters. The summed E-state index contributed by atoms with van der Waals surface area (Å²) in [6.45, 7) is 0.329. The van der Waals surface area contributed by atoms with E-state index in [0.717, 1.165) is 5.56 Å². The Labute approximate surface area is 191 Å². The van der Waals surface area contributed by atoms with Gasteiger partial charge in [0.15, 0.2) is 11.7 Å². The first kappa shape index (κ1) is 23.1. The molecule has 1 heterocycles. The summed E-state index contributed by atoms with van der Waals surface area (Å²) >= 11 is 0. The number of methoxy groups -OCH3 is 2. The van der Waals surface area contributed by atoms with Crippen molar-refractivity contribution in [3.63, 3.8) is 0 Å². The van der Waals surface area contributed by atoms with Gasteiger partial charge in [-0.05, 0) is 42.0 Å². The lowest BCUT2D eigenvalue weighted by Crippen LogP contribution is -2.23. The number of carbonyl (C=O) groups excluding carboxylic acids is 1. The molecule has 0 spiro atoms. The summed E-state index contributed by atoms with van der Waals surface area (Å²) in [5, 5.41) is 5.79. The second kappa shape index (κ2) is 11.1. The van der Waals surface area contributed by atoms with Gasteiger partial charge in [-0.25, -0.2) is 4.99 Å². The Morgan fingerprint density at radius 3 is 2.60 bits per heavy atom. The number of hydrogen-bond acceptors (Lipinski definition) is 5. The van der Waals surface area contributed by atoms with Crippen molar-refractivity contribution in [2.24, 2.45) is 10.7 Å². The molecular weight excluding hydrogens is 499 g/mol. The minimum absolute atomic E-state index is 0. The zero-order valence-electron chi connectivity index (χ0n) is 16.5. The third-order valence-corrected chi connectivity index (χ3v) is 4.03. The van der Waals surface area contributed by atoms with Crippen LogP contribution in [-0.4, -0.2) is 26.1 Å². The van der Waals surface area contributed by atoms with Crippen LogP contribution >= 0.6 is 24.0 Å². The predicted octanol–water partition coefficient (Wildman–Crippen LogP) is 4.09. The van der Waals surface area contributed by atoms with Gasteiger partial charge in [0.2, 0.25) is 0 Å². The van der Waals surface area contributed by atoms with Gasteiger partial charge in [-0.2, -0.15) is 0 Å². The van der Waals surface area contributed by atoms with Crippen LogP contribution in [0.1, 0.15) is 16.1 Å². The number of furan rings is 1. The molecule has 0 radical (unpaired) electrons. The number of carbonyl (C=O) groups is 1. The highest BCUT2D eigenvalue weighted by molar-refractivity contribution is 14.0. The van der Waals surface area contributed by atoms with Gasteiger partial charge in [0.05, 0.1) is 32.7 Å². The fraction of sp³-hybridized carbons (Fsp3) is 0.143. The summed E-state index contributed by atoms with van der Waals surface area (Å²) in [6.07, 6.45) is 1.45. The highest BCUT2D eigenvalue weighted by atomic mass is 127. The van der Waals surface area contributed by atoms with E-state index in [1.807, 2.05) is 18.2 Å². The van der Waals surface area contributed by atoms with E-state index in [1.165, 1.54) is 6.26 Å². The van der Waals surface area contributed by atoms with Crippen LogP contribution < -0.4 is 25.8 Å². The summed E-state index contributed by atoms with van der Waals surface area (Å²) in [5.41, 5.74) is 8.18. The van der Waals surface area contributed by atoms with Crippen molar-refractivity contribution in [3.8, 4) is 11.5 Å². The Bertz CT molecular complexity index is 1010. The summed E-state index contributed by atoms with van der Waals surface area (Å²) < 4.78 is 15.6. The molecule has 0 saturated carbocycles. The number of benzene rings is 2. The molecule has 9 heteroatoms. The number of anilines is 2. The molecule has 2 aromatic carbocycles. The van der Waals surface area contributed by atoms with Crippen molar-refractivity contribution in [1.82, 2.24) is 0 Å². The van der Waals surface area contributed by atoms with E-state index in [-0.39, 0.29) is 41.6 Å². The molecule has 1 aromatic heterocycles. The van der Waals surface area contributed by atoms with E-state index < -0.39 is 0 Å². The van der Waals surface area contributed by atoms with Crippen molar-refractivity contribution in [2.45, 2.75) is 6.54 Å². The number of halogens is 1. The van der Waals surface area contributed by atoms with Gasteiger partial charge < -0.3 is 30.3 Å². The molecule has 0 atom stereocenters. The largest absolute Gasteiger partial charge is 0.497 e. The van der Waals surface area contributed by atoms with Crippen molar-refractivity contribution in [1.29, 1.82) is 0 Å². The second-order valence-electron chi connectivity index (χ2n) is 6.02. The zero-order chi connectivity index (χ0) is 20.6.